The van der Waals surface area contributed by atoms with Crippen molar-refractivity contribution in [2.75, 3.05) is 0 Å². The van der Waals surface area contributed by atoms with Gasteiger partial charge < -0.3 is 9.73 Å². The topological polar surface area (TPSA) is 55.1 Å². The van der Waals surface area contributed by atoms with Crippen molar-refractivity contribution in [3.8, 4) is 22.0 Å². The van der Waals surface area contributed by atoms with E-state index in [0.717, 1.165) is 27.8 Å². The Balaban J connectivity index is 1.79. The number of rotatable bonds is 4. The Hall–Kier alpha value is -2.40. The Kier molecular flexibility index (Phi) is 4.06. The van der Waals surface area contributed by atoms with Crippen LogP contribution in [-0.4, -0.2) is 10.9 Å². The molecule has 0 unspecified atom stereocenters. The molecule has 2 aromatic heterocycles. The first-order chi connectivity index (χ1) is 10.6. The number of amides is 1. The minimum Gasteiger partial charge on any atom is -0.458 e. The van der Waals surface area contributed by atoms with E-state index in [1.807, 2.05) is 17.5 Å². The minimum absolute atomic E-state index is 0.0757. The molecule has 1 N–H and O–H groups in total. The van der Waals surface area contributed by atoms with Gasteiger partial charge in [-0.3, -0.25) is 4.79 Å². The van der Waals surface area contributed by atoms with Gasteiger partial charge >= 0.3 is 0 Å². The number of furan rings is 1. The van der Waals surface area contributed by atoms with Crippen LogP contribution in [0, 0.1) is 6.92 Å². The fourth-order valence-corrected chi connectivity index (χ4v) is 2.85. The van der Waals surface area contributed by atoms with Crippen LogP contribution in [0.15, 0.2) is 46.2 Å². The Morgan fingerprint density at radius 1 is 1.23 bits per heavy atom. The summed E-state index contributed by atoms with van der Waals surface area (Å²) in [5.74, 6) is 1.36. The molecule has 0 spiro atoms. The minimum atomic E-state index is -0.0757. The first kappa shape index (κ1) is 14.5. The van der Waals surface area contributed by atoms with Crippen molar-refractivity contribution in [2.24, 2.45) is 0 Å². The normalized spacial score (nSPS) is 10.6. The highest BCUT2D eigenvalue weighted by Crippen LogP contribution is 2.29. The van der Waals surface area contributed by atoms with Crippen LogP contribution in [0.1, 0.15) is 18.2 Å². The highest BCUT2D eigenvalue weighted by atomic mass is 32.1. The maximum atomic E-state index is 10.9. The molecule has 3 aromatic rings. The summed E-state index contributed by atoms with van der Waals surface area (Å²) in [6, 6.07) is 12.0. The summed E-state index contributed by atoms with van der Waals surface area (Å²) in [6.45, 7) is 3.94. The quantitative estimate of drug-likeness (QED) is 0.792. The van der Waals surface area contributed by atoms with E-state index >= 15 is 0 Å². The van der Waals surface area contributed by atoms with Gasteiger partial charge in [-0.2, -0.15) is 0 Å². The molecule has 0 fully saturated rings. The lowest BCUT2D eigenvalue weighted by Crippen LogP contribution is -2.18. The van der Waals surface area contributed by atoms with E-state index in [9.17, 15) is 4.79 Å². The Bertz CT molecular complexity index is 787. The van der Waals surface area contributed by atoms with E-state index in [0.29, 0.717) is 6.54 Å². The molecular formula is C17H16N2O2S. The van der Waals surface area contributed by atoms with Gasteiger partial charge in [0.05, 0.1) is 6.54 Å². The average Bonchev–Trinajstić information content (AvgIpc) is 3.15. The Labute approximate surface area is 132 Å². The summed E-state index contributed by atoms with van der Waals surface area (Å²) in [7, 11) is 0. The van der Waals surface area contributed by atoms with Gasteiger partial charge in [0.2, 0.25) is 5.91 Å². The second-order valence-corrected chi connectivity index (χ2v) is 5.94. The molecular weight excluding hydrogens is 296 g/mol. The molecule has 5 heteroatoms. The molecule has 112 valence electrons. The SMILES string of the molecule is CC(=O)NCc1ccc(-c2csc(-c3ccc(C)cc3)n2)o1. The second-order valence-electron chi connectivity index (χ2n) is 5.08. The molecule has 0 saturated carbocycles. The van der Waals surface area contributed by atoms with Gasteiger partial charge in [-0.05, 0) is 19.1 Å². The number of aryl methyl sites for hydroxylation is 1. The van der Waals surface area contributed by atoms with E-state index in [1.165, 1.54) is 12.5 Å². The molecule has 0 aliphatic rings. The first-order valence-electron chi connectivity index (χ1n) is 6.98. The summed E-state index contributed by atoms with van der Waals surface area (Å²) in [4.78, 5) is 15.5. The van der Waals surface area contributed by atoms with Crippen molar-refractivity contribution < 1.29 is 9.21 Å². The van der Waals surface area contributed by atoms with Crippen LogP contribution in [0.2, 0.25) is 0 Å². The summed E-state index contributed by atoms with van der Waals surface area (Å²) in [5.41, 5.74) is 3.15. The molecule has 0 saturated heterocycles. The molecule has 2 heterocycles. The zero-order valence-electron chi connectivity index (χ0n) is 12.4. The highest BCUT2D eigenvalue weighted by Gasteiger charge is 2.10. The van der Waals surface area contributed by atoms with Gasteiger partial charge in [0.1, 0.15) is 16.5 Å². The fourth-order valence-electron chi connectivity index (χ4n) is 2.04. The zero-order chi connectivity index (χ0) is 15.5. The van der Waals surface area contributed by atoms with Gasteiger partial charge in [0.25, 0.3) is 0 Å². The lowest BCUT2D eigenvalue weighted by atomic mass is 10.2. The number of thiazole rings is 1. The highest BCUT2D eigenvalue weighted by molar-refractivity contribution is 7.13. The van der Waals surface area contributed by atoms with Crippen LogP contribution >= 0.6 is 11.3 Å². The Morgan fingerprint density at radius 2 is 2.00 bits per heavy atom. The number of nitrogens with one attached hydrogen (secondary N) is 1. The Morgan fingerprint density at radius 3 is 2.73 bits per heavy atom. The molecule has 1 aromatic carbocycles. The number of carbonyl (C=O) groups is 1. The molecule has 0 aliphatic heterocycles. The fraction of sp³-hybridized carbons (Fsp3) is 0.176. The lowest BCUT2D eigenvalue weighted by Gasteiger charge is -1.98. The van der Waals surface area contributed by atoms with Gasteiger partial charge in [0.15, 0.2) is 5.76 Å². The number of hydrogen-bond acceptors (Lipinski definition) is 4. The molecule has 1 amide bonds. The van der Waals surface area contributed by atoms with Crippen molar-refractivity contribution in [3.63, 3.8) is 0 Å². The summed E-state index contributed by atoms with van der Waals surface area (Å²) >= 11 is 1.59. The van der Waals surface area contributed by atoms with Gasteiger partial charge in [0, 0.05) is 17.9 Å². The molecule has 22 heavy (non-hydrogen) atoms. The number of nitrogens with zero attached hydrogens (tertiary/aromatic N) is 1. The van der Waals surface area contributed by atoms with E-state index in [4.69, 9.17) is 4.42 Å². The van der Waals surface area contributed by atoms with Crippen molar-refractivity contribution in [3.05, 3.63) is 53.1 Å². The molecule has 3 rings (SSSR count). The van der Waals surface area contributed by atoms with Crippen molar-refractivity contribution in [1.82, 2.24) is 10.3 Å². The number of aromatic nitrogens is 1. The smallest absolute Gasteiger partial charge is 0.217 e. The molecule has 4 nitrogen and oxygen atoms in total. The zero-order valence-corrected chi connectivity index (χ0v) is 13.2. The maximum Gasteiger partial charge on any atom is 0.217 e. The van der Waals surface area contributed by atoms with Crippen LogP contribution in [-0.2, 0) is 11.3 Å². The van der Waals surface area contributed by atoms with Gasteiger partial charge in [-0.15, -0.1) is 11.3 Å². The maximum absolute atomic E-state index is 10.9. The standard InChI is InChI=1S/C17H16N2O2S/c1-11-3-5-13(6-4-11)17-19-15(10-22-17)16-8-7-14(21-16)9-18-12(2)20/h3-8,10H,9H2,1-2H3,(H,18,20). The van der Waals surface area contributed by atoms with Crippen molar-refractivity contribution in [1.29, 1.82) is 0 Å². The molecule has 0 radical (unpaired) electrons. The predicted octanol–water partition coefficient (Wildman–Crippen LogP) is 4.01. The molecule has 0 aliphatic carbocycles. The summed E-state index contributed by atoms with van der Waals surface area (Å²) < 4.78 is 5.72. The number of benzene rings is 1. The van der Waals surface area contributed by atoms with E-state index in [1.54, 1.807) is 11.3 Å². The number of hydrogen-bond donors (Lipinski definition) is 1. The van der Waals surface area contributed by atoms with Crippen LogP contribution in [0.3, 0.4) is 0 Å². The molecule has 0 atom stereocenters. The largest absolute Gasteiger partial charge is 0.458 e. The van der Waals surface area contributed by atoms with Gasteiger partial charge in [-0.1, -0.05) is 29.8 Å². The summed E-state index contributed by atoms with van der Waals surface area (Å²) in [6.07, 6.45) is 0. The summed E-state index contributed by atoms with van der Waals surface area (Å²) in [5, 5.41) is 5.66. The third kappa shape index (κ3) is 3.26. The van der Waals surface area contributed by atoms with Crippen molar-refractivity contribution >= 4 is 17.2 Å². The number of carbonyl (C=O) groups excluding carboxylic acids is 1. The lowest BCUT2D eigenvalue weighted by molar-refractivity contribution is -0.119. The monoisotopic (exact) mass is 312 g/mol. The average molecular weight is 312 g/mol. The van der Waals surface area contributed by atoms with E-state index in [-0.39, 0.29) is 5.91 Å². The third-order valence-electron chi connectivity index (χ3n) is 3.23. The first-order valence-corrected chi connectivity index (χ1v) is 7.86. The van der Waals surface area contributed by atoms with E-state index < -0.39 is 0 Å². The van der Waals surface area contributed by atoms with Crippen LogP contribution in [0.5, 0.6) is 0 Å². The second kappa shape index (κ2) is 6.15. The van der Waals surface area contributed by atoms with Crippen LogP contribution in [0.25, 0.3) is 22.0 Å². The van der Waals surface area contributed by atoms with Crippen LogP contribution < -0.4 is 5.32 Å². The van der Waals surface area contributed by atoms with E-state index in [2.05, 4.69) is 41.5 Å². The van der Waals surface area contributed by atoms with Gasteiger partial charge in [-0.25, -0.2) is 4.98 Å². The van der Waals surface area contributed by atoms with Crippen molar-refractivity contribution in [2.45, 2.75) is 20.4 Å². The predicted molar refractivity (Wildman–Crippen MR) is 87.5 cm³/mol. The molecule has 0 bridgehead atoms. The third-order valence-corrected chi connectivity index (χ3v) is 4.12. The van der Waals surface area contributed by atoms with Crippen LogP contribution in [0.4, 0.5) is 0 Å².